The molecule has 0 spiro atoms. The fourth-order valence-electron chi connectivity index (χ4n) is 1.53. The van der Waals surface area contributed by atoms with Gasteiger partial charge in [0.1, 0.15) is 5.82 Å². The Hall–Kier alpha value is -1.68. The van der Waals surface area contributed by atoms with Crippen LogP contribution in [0.2, 0.25) is 0 Å². The van der Waals surface area contributed by atoms with Crippen LogP contribution in [0.25, 0.3) is 0 Å². The van der Waals surface area contributed by atoms with E-state index in [-0.39, 0.29) is 5.91 Å². The third kappa shape index (κ3) is 3.17. The van der Waals surface area contributed by atoms with Crippen LogP contribution in [-0.4, -0.2) is 10.9 Å². The molecule has 0 radical (unpaired) electrons. The Bertz CT molecular complexity index is 535. The highest BCUT2D eigenvalue weighted by molar-refractivity contribution is 9.10. The Balaban J connectivity index is 2.09. The van der Waals surface area contributed by atoms with Crippen molar-refractivity contribution in [3.8, 4) is 0 Å². The number of anilines is 1. The van der Waals surface area contributed by atoms with Crippen LogP contribution in [0.15, 0.2) is 47.1 Å². The Morgan fingerprint density at radius 1 is 1.22 bits per heavy atom. The number of halogens is 1. The van der Waals surface area contributed by atoms with Gasteiger partial charge in [-0.25, -0.2) is 4.98 Å². The highest BCUT2D eigenvalue weighted by Gasteiger charge is 2.06. The molecule has 0 fully saturated rings. The summed E-state index contributed by atoms with van der Waals surface area (Å²) in [6, 6.07) is 11.2. The number of amides is 1. The maximum Gasteiger partial charge on any atom is 0.256 e. The fourth-order valence-corrected chi connectivity index (χ4v) is 1.76. The van der Waals surface area contributed by atoms with Crippen molar-refractivity contribution >= 4 is 27.7 Å². The maximum atomic E-state index is 11.9. The van der Waals surface area contributed by atoms with Gasteiger partial charge in [-0.1, -0.05) is 19.1 Å². The number of carbonyl (C=O) groups is 1. The lowest BCUT2D eigenvalue weighted by Crippen LogP contribution is -2.12. The molecule has 0 aliphatic heterocycles. The molecule has 18 heavy (non-hydrogen) atoms. The third-order valence-corrected chi connectivity index (χ3v) is 3.06. The van der Waals surface area contributed by atoms with Gasteiger partial charge in [0.15, 0.2) is 0 Å². The molecular formula is C14H13BrN2O. The van der Waals surface area contributed by atoms with Gasteiger partial charge in [-0.05, 0) is 52.2 Å². The summed E-state index contributed by atoms with van der Waals surface area (Å²) in [6.45, 7) is 2.08. The van der Waals surface area contributed by atoms with Crippen molar-refractivity contribution < 1.29 is 4.79 Å². The van der Waals surface area contributed by atoms with Gasteiger partial charge in [-0.3, -0.25) is 4.79 Å². The lowest BCUT2D eigenvalue weighted by atomic mass is 10.1. The van der Waals surface area contributed by atoms with Gasteiger partial charge < -0.3 is 5.32 Å². The van der Waals surface area contributed by atoms with Gasteiger partial charge in [-0.15, -0.1) is 0 Å². The summed E-state index contributed by atoms with van der Waals surface area (Å²) in [5.41, 5.74) is 1.85. The quantitative estimate of drug-likeness (QED) is 0.940. The van der Waals surface area contributed by atoms with E-state index in [9.17, 15) is 4.79 Å². The maximum absolute atomic E-state index is 11.9. The first-order chi connectivity index (χ1) is 8.69. The van der Waals surface area contributed by atoms with Gasteiger partial charge >= 0.3 is 0 Å². The molecule has 0 aliphatic carbocycles. The molecule has 4 heteroatoms. The summed E-state index contributed by atoms with van der Waals surface area (Å²) >= 11 is 3.30. The van der Waals surface area contributed by atoms with Crippen LogP contribution in [0, 0.1) is 0 Å². The van der Waals surface area contributed by atoms with Crippen LogP contribution in [0.4, 0.5) is 5.82 Å². The molecular weight excluding hydrogens is 292 g/mol. The van der Waals surface area contributed by atoms with Crippen molar-refractivity contribution in [1.29, 1.82) is 0 Å². The Kier molecular flexibility index (Phi) is 4.10. The highest BCUT2D eigenvalue weighted by atomic mass is 79.9. The molecule has 0 unspecified atom stereocenters. The summed E-state index contributed by atoms with van der Waals surface area (Å²) in [6.07, 6.45) is 2.62. The Labute approximate surface area is 114 Å². The number of hydrogen-bond acceptors (Lipinski definition) is 2. The zero-order valence-corrected chi connectivity index (χ0v) is 11.6. The Morgan fingerprint density at radius 2 is 1.94 bits per heavy atom. The number of benzene rings is 1. The molecule has 2 aromatic rings. The molecule has 0 saturated carbocycles. The van der Waals surface area contributed by atoms with Crippen LogP contribution >= 0.6 is 15.9 Å². The van der Waals surface area contributed by atoms with E-state index in [4.69, 9.17) is 0 Å². The number of nitrogens with one attached hydrogen (secondary N) is 1. The molecule has 3 nitrogen and oxygen atoms in total. The molecule has 1 amide bonds. The van der Waals surface area contributed by atoms with E-state index in [1.54, 1.807) is 12.3 Å². The topological polar surface area (TPSA) is 42.0 Å². The number of nitrogens with zero attached hydrogens (tertiary/aromatic N) is 1. The Morgan fingerprint density at radius 3 is 2.50 bits per heavy atom. The number of aryl methyl sites for hydroxylation is 1. The first-order valence-electron chi connectivity index (χ1n) is 5.71. The second-order valence-corrected chi connectivity index (χ2v) is 4.78. The summed E-state index contributed by atoms with van der Waals surface area (Å²) in [7, 11) is 0. The SMILES string of the molecule is CCc1ccc(C(=O)Nc2ccc(Br)cn2)cc1. The summed E-state index contributed by atoms with van der Waals surface area (Å²) in [5.74, 6) is 0.398. The number of pyridine rings is 1. The van der Waals surface area contributed by atoms with E-state index in [2.05, 4.69) is 33.2 Å². The average molecular weight is 305 g/mol. The summed E-state index contributed by atoms with van der Waals surface area (Å²) < 4.78 is 0.882. The molecule has 0 aliphatic rings. The van der Waals surface area contributed by atoms with Crippen molar-refractivity contribution in [2.75, 3.05) is 5.32 Å². The van der Waals surface area contributed by atoms with E-state index in [1.807, 2.05) is 30.3 Å². The number of rotatable bonds is 3. The second-order valence-electron chi connectivity index (χ2n) is 3.87. The molecule has 92 valence electrons. The molecule has 2 rings (SSSR count). The van der Waals surface area contributed by atoms with Crippen molar-refractivity contribution in [2.24, 2.45) is 0 Å². The molecule has 1 N–H and O–H groups in total. The minimum absolute atomic E-state index is 0.146. The molecule has 1 aromatic carbocycles. The van der Waals surface area contributed by atoms with Gasteiger partial charge in [0.25, 0.3) is 5.91 Å². The fraction of sp³-hybridized carbons (Fsp3) is 0.143. The second kappa shape index (κ2) is 5.78. The molecule has 0 saturated heterocycles. The first kappa shape index (κ1) is 12.8. The predicted octanol–water partition coefficient (Wildman–Crippen LogP) is 3.66. The number of hydrogen-bond donors (Lipinski definition) is 1. The van der Waals surface area contributed by atoms with Crippen LogP contribution in [-0.2, 0) is 6.42 Å². The molecule has 1 aromatic heterocycles. The third-order valence-electron chi connectivity index (χ3n) is 2.59. The van der Waals surface area contributed by atoms with Gasteiger partial charge in [-0.2, -0.15) is 0 Å². The van der Waals surface area contributed by atoms with Crippen LogP contribution in [0.5, 0.6) is 0 Å². The van der Waals surface area contributed by atoms with Crippen molar-refractivity contribution in [3.05, 3.63) is 58.2 Å². The van der Waals surface area contributed by atoms with Crippen molar-refractivity contribution in [2.45, 2.75) is 13.3 Å². The van der Waals surface area contributed by atoms with E-state index in [1.165, 1.54) is 5.56 Å². The highest BCUT2D eigenvalue weighted by Crippen LogP contribution is 2.12. The zero-order chi connectivity index (χ0) is 13.0. The lowest BCUT2D eigenvalue weighted by Gasteiger charge is -2.05. The number of carbonyl (C=O) groups excluding carboxylic acids is 1. The summed E-state index contributed by atoms with van der Waals surface area (Å²) in [4.78, 5) is 16.0. The number of aromatic nitrogens is 1. The molecule has 0 atom stereocenters. The van der Waals surface area contributed by atoms with E-state index >= 15 is 0 Å². The van der Waals surface area contributed by atoms with Crippen molar-refractivity contribution in [3.63, 3.8) is 0 Å². The largest absolute Gasteiger partial charge is 0.307 e. The van der Waals surface area contributed by atoms with Crippen LogP contribution in [0.3, 0.4) is 0 Å². The summed E-state index contributed by atoms with van der Waals surface area (Å²) in [5, 5.41) is 2.75. The van der Waals surface area contributed by atoms with Crippen LogP contribution < -0.4 is 5.32 Å². The zero-order valence-electron chi connectivity index (χ0n) is 9.98. The van der Waals surface area contributed by atoms with Gasteiger partial charge in [0.2, 0.25) is 0 Å². The molecule has 1 heterocycles. The van der Waals surface area contributed by atoms with Gasteiger partial charge in [0.05, 0.1) is 0 Å². The smallest absolute Gasteiger partial charge is 0.256 e. The monoisotopic (exact) mass is 304 g/mol. The van der Waals surface area contributed by atoms with E-state index in [0.717, 1.165) is 10.9 Å². The first-order valence-corrected chi connectivity index (χ1v) is 6.50. The normalized spacial score (nSPS) is 10.1. The molecule has 0 bridgehead atoms. The van der Waals surface area contributed by atoms with Crippen LogP contribution in [0.1, 0.15) is 22.8 Å². The standard InChI is InChI=1S/C14H13BrN2O/c1-2-10-3-5-11(6-4-10)14(18)17-13-8-7-12(15)9-16-13/h3-9H,2H2,1H3,(H,16,17,18). The minimum atomic E-state index is -0.146. The van der Waals surface area contributed by atoms with E-state index < -0.39 is 0 Å². The average Bonchev–Trinajstić information content (AvgIpc) is 2.41. The van der Waals surface area contributed by atoms with Gasteiger partial charge in [0, 0.05) is 16.2 Å². The van der Waals surface area contributed by atoms with Crippen molar-refractivity contribution in [1.82, 2.24) is 4.98 Å². The minimum Gasteiger partial charge on any atom is -0.307 e. The van der Waals surface area contributed by atoms with E-state index in [0.29, 0.717) is 11.4 Å². The predicted molar refractivity (Wildman–Crippen MR) is 75.7 cm³/mol. The lowest BCUT2D eigenvalue weighted by molar-refractivity contribution is 0.102.